The second kappa shape index (κ2) is 11.3. The summed E-state index contributed by atoms with van der Waals surface area (Å²) in [5.41, 5.74) is 1.44. The molecule has 1 saturated carbocycles. The van der Waals surface area contributed by atoms with E-state index in [4.69, 9.17) is 4.74 Å². The number of carbonyl (C=O) groups is 4. The van der Waals surface area contributed by atoms with Crippen molar-refractivity contribution in [2.45, 2.75) is 58.8 Å². The number of ether oxygens (including phenoxy) is 1. The number of carbonyl (C=O) groups excluding carboxylic acids is 4. The van der Waals surface area contributed by atoms with Crippen LogP contribution in [0.25, 0.3) is 10.9 Å². The number of aromatic nitrogens is 1. The lowest BCUT2D eigenvalue weighted by Gasteiger charge is -2.48. The van der Waals surface area contributed by atoms with Crippen molar-refractivity contribution in [3.05, 3.63) is 84.1 Å². The van der Waals surface area contributed by atoms with Gasteiger partial charge in [-0.2, -0.15) is 0 Å². The van der Waals surface area contributed by atoms with Crippen molar-refractivity contribution >= 4 is 34.3 Å². The Morgan fingerprint density at radius 1 is 1.17 bits per heavy atom. The van der Waals surface area contributed by atoms with E-state index in [1.165, 1.54) is 6.92 Å². The second-order valence-corrected chi connectivity index (χ2v) is 12.0. The van der Waals surface area contributed by atoms with E-state index in [0.717, 1.165) is 28.6 Å². The number of hydrogen-bond donors (Lipinski definition) is 3. The standard InChI is InChI=1S/C34H38N2O6/c1-18-9-8-11-25-31(40)21(4)20(3)30-27(16-23-17-35-26-12-7-6-10-24(23)26)36-33(41)34(25,30)29(39)14-13-28(38)32(19(2)15-18)42-22(5)37/h6-8,10-15,17-18,20,25,27,30-32,35,40H,4,9,16H2,1-3,5H3,(H,36,41)/b11-8-,14-13-,19-15-/t18-,20+,25-,27-,30-,31+,32+,34-/m0/s1. The molecule has 1 aromatic heterocycles. The van der Waals surface area contributed by atoms with Crippen LogP contribution in [0.4, 0.5) is 0 Å². The monoisotopic (exact) mass is 570 g/mol. The van der Waals surface area contributed by atoms with Gasteiger partial charge in [0.05, 0.1) is 6.10 Å². The smallest absolute Gasteiger partial charge is 0.303 e. The quantitative estimate of drug-likeness (QED) is 0.289. The molecule has 1 aromatic carbocycles. The van der Waals surface area contributed by atoms with Crippen molar-refractivity contribution in [3.8, 4) is 0 Å². The number of amides is 1. The first kappa shape index (κ1) is 29.5. The fourth-order valence-corrected chi connectivity index (χ4v) is 7.32. The van der Waals surface area contributed by atoms with Crippen LogP contribution in [0.3, 0.4) is 0 Å². The van der Waals surface area contributed by atoms with Gasteiger partial charge in [0.15, 0.2) is 11.9 Å². The fourth-order valence-electron chi connectivity index (χ4n) is 7.32. The normalized spacial score (nSPS) is 36.4. The molecule has 2 aromatic rings. The van der Waals surface area contributed by atoms with Crippen molar-refractivity contribution in [1.82, 2.24) is 10.3 Å². The van der Waals surface area contributed by atoms with Gasteiger partial charge in [-0.3, -0.25) is 19.2 Å². The van der Waals surface area contributed by atoms with E-state index in [1.807, 2.05) is 56.5 Å². The zero-order valence-corrected chi connectivity index (χ0v) is 24.4. The number of aliphatic hydroxyl groups is 1. The van der Waals surface area contributed by atoms with E-state index in [9.17, 15) is 24.3 Å². The number of hydrogen-bond acceptors (Lipinski definition) is 6. The predicted octanol–water partition coefficient (Wildman–Crippen LogP) is 4.16. The summed E-state index contributed by atoms with van der Waals surface area (Å²) in [4.78, 5) is 56.9. The van der Waals surface area contributed by atoms with Crippen molar-refractivity contribution in [2.75, 3.05) is 0 Å². The molecule has 1 saturated heterocycles. The maximum atomic E-state index is 14.3. The van der Waals surface area contributed by atoms with Gasteiger partial charge in [-0.15, -0.1) is 0 Å². The minimum Gasteiger partial charge on any atom is -0.450 e. The molecule has 8 heteroatoms. The Balaban J connectivity index is 1.62. The highest BCUT2D eigenvalue weighted by Crippen LogP contribution is 2.56. The third-order valence-electron chi connectivity index (χ3n) is 9.30. The molecule has 42 heavy (non-hydrogen) atoms. The zero-order valence-electron chi connectivity index (χ0n) is 24.4. The Hall–Kier alpha value is -4.04. The molecule has 1 amide bonds. The number of rotatable bonds is 3. The molecule has 0 radical (unpaired) electrons. The maximum absolute atomic E-state index is 14.3. The number of aromatic amines is 1. The zero-order chi connectivity index (χ0) is 30.3. The molecule has 0 unspecified atom stereocenters. The Bertz CT molecular complexity index is 1550. The first-order valence-corrected chi connectivity index (χ1v) is 14.5. The molecule has 3 aliphatic rings. The summed E-state index contributed by atoms with van der Waals surface area (Å²) >= 11 is 0. The Morgan fingerprint density at radius 2 is 1.90 bits per heavy atom. The van der Waals surface area contributed by atoms with Crippen LogP contribution < -0.4 is 5.32 Å². The summed E-state index contributed by atoms with van der Waals surface area (Å²) in [6, 6.07) is 7.48. The third-order valence-corrected chi connectivity index (χ3v) is 9.30. The van der Waals surface area contributed by atoms with Gasteiger partial charge in [0, 0.05) is 41.9 Å². The summed E-state index contributed by atoms with van der Waals surface area (Å²) in [7, 11) is 0. The van der Waals surface area contributed by atoms with E-state index >= 15 is 0 Å². The number of ketones is 2. The number of esters is 1. The molecule has 1 spiro atoms. The van der Waals surface area contributed by atoms with E-state index in [-0.39, 0.29) is 11.8 Å². The molecular formula is C34H38N2O6. The van der Waals surface area contributed by atoms with E-state index in [0.29, 0.717) is 24.0 Å². The minimum absolute atomic E-state index is 0.0471. The number of fused-ring (bicyclic) bond motifs is 1. The van der Waals surface area contributed by atoms with Crippen LogP contribution in [0.2, 0.25) is 0 Å². The lowest BCUT2D eigenvalue weighted by atomic mass is 9.52. The van der Waals surface area contributed by atoms with Crippen LogP contribution in [0, 0.1) is 29.1 Å². The van der Waals surface area contributed by atoms with Crippen LogP contribution in [-0.4, -0.2) is 51.8 Å². The number of allylic oxidation sites excluding steroid dienone is 3. The van der Waals surface area contributed by atoms with Crippen molar-refractivity contribution in [3.63, 3.8) is 0 Å². The van der Waals surface area contributed by atoms with E-state index in [1.54, 1.807) is 13.0 Å². The van der Waals surface area contributed by atoms with Crippen molar-refractivity contribution < 1.29 is 29.0 Å². The largest absolute Gasteiger partial charge is 0.450 e. The number of H-pyrrole nitrogens is 1. The van der Waals surface area contributed by atoms with Gasteiger partial charge in [-0.1, -0.05) is 56.9 Å². The molecule has 2 heterocycles. The molecule has 220 valence electrons. The maximum Gasteiger partial charge on any atom is 0.303 e. The van der Waals surface area contributed by atoms with Gasteiger partial charge in [-0.05, 0) is 66.5 Å². The van der Waals surface area contributed by atoms with Crippen molar-refractivity contribution in [2.24, 2.45) is 29.1 Å². The molecule has 5 rings (SSSR count). The van der Waals surface area contributed by atoms with Gasteiger partial charge < -0.3 is 20.1 Å². The topological polar surface area (TPSA) is 126 Å². The number of aliphatic hydroxyl groups excluding tert-OH is 1. The van der Waals surface area contributed by atoms with E-state index < -0.39 is 58.9 Å². The van der Waals surface area contributed by atoms with Gasteiger partial charge in [0.2, 0.25) is 11.7 Å². The average Bonchev–Trinajstić information content (AvgIpc) is 3.49. The lowest BCUT2D eigenvalue weighted by molar-refractivity contribution is -0.149. The summed E-state index contributed by atoms with van der Waals surface area (Å²) in [5, 5.41) is 15.7. The van der Waals surface area contributed by atoms with Gasteiger partial charge in [0.25, 0.3) is 0 Å². The molecule has 2 aliphatic carbocycles. The second-order valence-electron chi connectivity index (χ2n) is 12.0. The highest BCUT2D eigenvalue weighted by atomic mass is 16.5. The summed E-state index contributed by atoms with van der Waals surface area (Å²) in [6.45, 7) is 11.0. The first-order valence-electron chi connectivity index (χ1n) is 14.5. The summed E-state index contributed by atoms with van der Waals surface area (Å²) in [6.07, 6.45) is 8.34. The Morgan fingerprint density at radius 3 is 2.64 bits per heavy atom. The average molecular weight is 571 g/mol. The highest BCUT2D eigenvalue weighted by Gasteiger charge is 2.68. The SMILES string of the molecule is C=C1[C@@H](C)[C@H]2[C@H](Cc3c[nH]c4ccccc34)NC(=O)[C@@]23C(=O)/C=C\C(=O)[C@H](OC(C)=O)/C(C)=C\[C@@H](C)C/C=C\[C@H]3[C@@H]1O. The van der Waals surface area contributed by atoms with Crippen LogP contribution >= 0.6 is 0 Å². The van der Waals surface area contributed by atoms with E-state index in [2.05, 4.69) is 16.9 Å². The molecule has 8 nitrogen and oxygen atoms in total. The molecule has 2 fully saturated rings. The van der Waals surface area contributed by atoms with Crippen LogP contribution in [0.5, 0.6) is 0 Å². The summed E-state index contributed by atoms with van der Waals surface area (Å²) < 4.78 is 5.34. The molecule has 8 atom stereocenters. The third kappa shape index (κ3) is 4.87. The van der Waals surface area contributed by atoms with Crippen LogP contribution in [0.15, 0.2) is 78.6 Å². The highest BCUT2D eigenvalue weighted by molar-refractivity contribution is 6.15. The Kier molecular flexibility index (Phi) is 7.94. The molecule has 1 aliphatic heterocycles. The first-order chi connectivity index (χ1) is 20.0. The number of benzene rings is 1. The molecular weight excluding hydrogens is 532 g/mol. The summed E-state index contributed by atoms with van der Waals surface area (Å²) in [5.74, 6) is -4.07. The van der Waals surface area contributed by atoms with Gasteiger partial charge in [0.1, 0.15) is 5.41 Å². The minimum atomic E-state index is -1.67. The fraction of sp³-hybridized carbons (Fsp3) is 0.412. The lowest BCUT2D eigenvalue weighted by Crippen LogP contribution is -2.58. The van der Waals surface area contributed by atoms with Crippen molar-refractivity contribution in [1.29, 1.82) is 0 Å². The predicted molar refractivity (Wildman–Crippen MR) is 159 cm³/mol. The Labute approximate surface area is 245 Å². The van der Waals surface area contributed by atoms with Gasteiger partial charge >= 0.3 is 5.97 Å². The number of nitrogens with one attached hydrogen (secondary N) is 2. The number of para-hydroxylation sites is 1. The van der Waals surface area contributed by atoms with Crippen LogP contribution in [0.1, 0.15) is 39.7 Å². The molecule has 0 bridgehead atoms. The van der Waals surface area contributed by atoms with Crippen LogP contribution in [-0.2, 0) is 30.3 Å². The van der Waals surface area contributed by atoms with Gasteiger partial charge in [-0.25, -0.2) is 0 Å². The molecule has 3 N–H and O–H groups in total.